The van der Waals surface area contributed by atoms with E-state index < -0.39 is 0 Å². The van der Waals surface area contributed by atoms with Crippen LogP contribution in [0, 0.1) is 5.92 Å². The third-order valence-electron chi connectivity index (χ3n) is 3.93. The highest BCUT2D eigenvalue weighted by atomic mass is 16.5. The Hall–Kier alpha value is -1.13. The Kier molecular flexibility index (Phi) is 2.99. The highest BCUT2D eigenvalue weighted by molar-refractivity contribution is 5.46. The summed E-state index contributed by atoms with van der Waals surface area (Å²) in [7, 11) is 0. The van der Waals surface area contributed by atoms with Crippen molar-refractivity contribution in [1.82, 2.24) is 4.98 Å². The van der Waals surface area contributed by atoms with Crippen LogP contribution in [0.25, 0.3) is 0 Å². The van der Waals surface area contributed by atoms with Crippen LogP contribution in [0.2, 0.25) is 0 Å². The molecule has 1 saturated carbocycles. The topological polar surface area (TPSA) is 45.6 Å². The SMILES string of the molecule is OCC1CC[C@@H]2[C@@H]1OCCN2c1cccnc1. The van der Waals surface area contributed by atoms with Crippen LogP contribution < -0.4 is 4.90 Å². The van der Waals surface area contributed by atoms with E-state index in [-0.39, 0.29) is 12.7 Å². The van der Waals surface area contributed by atoms with Gasteiger partial charge >= 0.3 is 0 Å². The molecule has 2 aliphatic rings. The summed E-state index contributed by atoms with van der Waals surface area (Å²) in [5.74, 6) is 0.305. The predicted octanol–water partition coefficient (Wildman–Crippen LogP) is 1.06. The molecule has 1 N–H and O–H groups in total. The number of aromatic nitrogens is 1. The molecule has 4 nitrogen and oxygen atoms in total. The molecule has 3 rings (SSSR count). The monoisotopic (exact) mass is 234 g/mol. The van der Waals surface area contributed by atoms with Gasteiger partial charge < -0.3 is 14.7 Å². The zero-order valence-corrected chi connectivity index (χ0v) is 9.83. The Labute approximate surface area is 101 Å². The molecular formula is C13H18N2O2. The lowest BCUT2D eigenvalue weighted by molar-refractivity contribution is -0.0152. The smallest absolute Gasteiger partial charge is 0.0829 e. The molecule has 1 aliphatic heterocycles. The van der Waals surface area contributed by atoms with Gasteiger partial charge in [-0.1, -0.05) is 0 Å². The van der Waals surface area contributed by atoms with Crippen LogP contribution in [0.5, 0.6) is 0 Å². The van der Waals surface area contributed by atoms with Gasteiger partial charge in [0.1, 0.15) is 0 Å². The van der Waals surface area contributed by atoms with Gasteiger partial charge in [0.25, 0.3) is 0 Å². The van der Waals surface area contributed by atoms with E-state index in [1.165, 1.54) is 5.69 Å². The molecule has 3 atom stereocenters. The minimum absolute atomic E-state index is 0.189. The Balaban J connectivity index is 1.82. The summed E-state index contributed by atoms with van der Waals surface area (Å²) in [6, 6.07) is 4.48. The van der Waals surface area contributed by atoms with Crippen molar-refractivity contribution in [3.05, 3.63) is 24.5 Å². The van der Waals surface area contributed by atoms with Crippen molar-refractivity contribution >= 4 is 5.69 Å². The van der Waals surface area contributed by atoms with E-state index in [1.54, 1.807) is 6.20 Å². The number of anilines is 1. The lowest BCUT2D eigenvalue weighted by atomic mass is 10.0. The maximum absolute atomic E-state index is 9.35. The Morgan fingerprint density at radius 1 is 1.47 bits per heavy atom. The zero-order valence-electron chi connectivity index (χ0n) is 9.83. The van der Waals surface area contributed by atoms with Gasteiger partial charge in [0.15, 0.2) is 0 Å². The number of hydrogen-bond acceptors (Lipinski definition) is 4. The maximum Gasteiger partial charge on any atom is 0.0829 e. The zero-order chi connectivity index (χ0) is 11.7. The van der Waals surface area contributed by atoms with Crippen LogP contribution in [-0.2, 0) is 4.74 Å². The minimum atomic E-state index is 0.189. The highest BCUT2D eigenvalue weighted by Gasteiger charge is 2.42. The second-order valence-corrected chi connectivity index (χ2v) is 4.83. The first-order chi connectivity index (χ1) is 8.40. The van der Waals surface area contributed by atoms with Crippen LogP contribution in [0.3, 0.4) is 0 Å². The van der Waals surface area contributed by atoms with Crippen molar-refractivity contribution < 1.29 is 9.84 Å². The molecule has 1 saturated heterocycles. The van der Waals surface area contributed by atoms with E-state index in [4.69, 9.17) is 4.74 Å². The predicted molar refractivity (Wildman–Crippen MR) is 64.9 cm³/mol. The second kappa shape index (κ2) is 4.63. The first-order valence-electron chi connectivity index (χ1n) is 6.29. The van der Waals surface area contributed by atoms with Crippen molar-refractivity contribution in [2.75, 3.05) is 24.7 Å². The molecule has 4 heteroatoms. The van der Waals surface area contributed by atoms with Crippen LogP contribution in [-0.4, -0.2) is 42.0 Å². The van der Waals surface area contributed by atoms with Crippen molar-refractivity contribution in [3.63, 3.8) is 0 Å². The third-order valence-corrected chi connectivity index (χ3v) is 3.93. The van der Waals surface area contributed by atoms with Gasteiger partial charge in [-0.05, 0) is 25.0 Å². The third kappa shape index (κ3) is 1.91. The number of nitrogens with zero attached hydrogens (tertiary/aromatic N) is 2. The quantitative estimate of drug-likeness (QED) is 0.831. The van der Waals surface area contributed by atoms with E-state index in [9.17, 15) is 5.11 Å². The number of rotatable bonds is 2. The Bertz CT molecular complexity index is 371. The fraction of sp³-hybridized carbons (Fsp3) is 0.615. The lowest BCUT2D eigenvalue weighted by Gasteiger charge is -2.40. The summed E-state index contributed by atoms with van der Waals surface area (Å²) in [5.41, 5.74) is 1.17. The van der Waals surface area contributed by atoms with Crippen molar-refractivity contribution in [1.29, 1.82) is 0 Å². The second-order valence-electron chi connectivity index (χ2n) is 4.83. The Morgan fingerprint density at radius 3 is 3.18 bits per heavy atom. The van der Waals surface area contributed by atoms with E-state index >= 15 is 0 Å². The van der Waals surface area contributed by atoms with Crippen LogP contribution in [0.15, 0.2) is 24.5 Å². The number of fused-ring (bicyclic) bond motifs is 1. The summed E-state index contributed by atoms with van der Waals surface area (Å²) in [5, 5.41) is 9.35. The summed E-state index contributed by atoms with van der Waals surface area (Å²) in [4.78, 5) is 6.57. The number of aliphatic hydroxyl groups excluding tert-OH is 1. The fourth-order valence-electron chi connectivity index (χ4n) is 3.10. The average Bonchev–Trinajstić information content (AvgIpc) is 2.82. The first kappa shape index (κ1) is 11.0. The number of hydrogen-bond donors (Lipinski definition) is 1. The molecule has 92 valence electrons. The molecule has 1 aromatic heterocycles. The molecular weight excluding hydrogens is 216 g/mol. The van der Waals surface area contributed by atoms with Crippen molar-refractivity contribution in [2.24, 2.45) is 5.92 Å². The van der Waals surface area contributed by atoms with E-state index in [2.05, 4.69) is 16.0 Å². The Morgan fingerprint density at radius 2 is 2.41 bits per heavy atom. The van der Waals surface area contributed by atoms with Crippen LogP contribution in [0.1, 0.15) is 12.8 Å². The molecule has 17 heavy (non-hydrogen) atoms. The van der Waals surface area contributed by atoms with E-state index in [0.717, 1.165) is 26.0 Å². The standard InChI is InChI=1S/C13H18N2O2/c16-9-10-3-4-12-13(10)17-7-6-15(12)11-2-1-5-14-8-11/h1-2,5,8,10,12-13,16H,3-4,6-7,9H2/t10?,12-,13-/m1/s1. The van der Waals surface area contributed by atoms with Crippen molar-refractivity contribution in [3.8, 4) is 0 Å². The summed E-state index contributed by atoms with van der Waals surface area (Å²) >= 11 is 0. The van der Waals surface area contributed by atoms with Gasteiger partial charge in [-0.2, -0.15) is 0 Å². The van der Waals surface area contributed by atoms with Crippen LogP contribution >= 0.6 is 0 Å². The highest BCUT2D eigenvalue weighted by Crippen LogP contribution is 2.36. The van der Waals surface area contributed by atoms with Gasteiger partial charge in [0.2, 0.25) is 0 Å². The molecule has 0 amide bonds. The summed E-state index contributed by atoms with van der Waals surface area (Å²) in [6.07, 6.45) is 6.06. The number of ether oxygens (including phenoxy) is 1. The molecule has 0 radical (unpaired) electrons. The largest absolute Gasteiger partial charge is 0.396 e. The minimum Gasteiger partial charge on any atom is -0.396 e. The molecule has 1 aromatic rings. The van der Waals surface area contributed by atoms with Gasteiger partial charge in [-0.15, -0.1) is 0 Å². The maximum atomic E-state index is 9.35. The number of aliphatic hydroxyl groups is 1. The van der Waals surface area contributed by atoms with Gasteiger partial charge in [-0.3, -0.25) is 4.98 Å². The van der Waals surface area contributed by atoms with Crippen molar-refractivity contribution in [2.45, 2.75) is 25.0 Å². The number of pyridine rings is 1. The fourth-order valence-corrected chi connectivity index (χ4v) is 3.10. The molecule has 0 bridgehead atoms. The van der Waals surface area contributed by atoms with Crippen LogP contribution in [0.4, 0.5) is 5.69 Å². The number of morpholine rings is 1. The van der Waals surface area contributed by atoms with E-state index in [1.807, 2.05) is 12.3 Å². The summed E-state index contributed by atoms with van der Waals surface area (Å²) < 4.78 is 5.84. The molecule has 1 aliphatic carbocycles. The molecule has 2 heterocycles. The molecule has 1 unspecified atom stereocenters. The molecule has 0 spiro atoms. The van der Waals surface area contributed by atoms with E-state index in [0.29, 0.717) is 12.0 Å². The van der Waals surface area contributed by atoms with Gasteiger partial charge in [-0.25, -0.2) is 0 Å². The summed E-state index contributed by atoms with van der Waals surface area (Å²) in [6.45, 7) is 1.90. The lowest BCUT2D eigenvalue weighted by Crippen LogP contribution is -2.50. The van der Waals surface area contributed by atoms with Gasteiger partial charge in [0, 0.05) is 25.3 Å². The molecule has 0 aromatic carbocycles. The van der Waals surface area contributed by atoms with Gasteiger partial charge in [0.05, 0.1) is 30.6 Å². The normalized spacial score (nSPS) is 32.5. The first-order valence-corrected chi connectivity index (χ1v) is 6.29. The molecule has 2 fully saturated rings. The average molecular weight is 234 g/mol.